The second-order valence-corrected chi connectivity index (χ2v) is 4.09. The maximum atomic E-state index is 11.4. The van der Waals surface area contributed by atoms with Crippen molar-refractivity contribution < 1.29 is 24.0 Å². The van der Waals surface area contributed by atoms with Gasteiger partial charge in [0.2, 0.25) is 0 Å². The molecule has 20 heavy (non-hydrogen) atoms. The van der Waals surface area contributed by atoms with Crippen LogP contribution in [-0.2, 0) is 14.3 Å². The van der Waals surface area contributed by atoms with Gasteiger partial charge in [-0.15, -0.1) is 0 Å². The summed E-state index contributed by atoms with van der Waals surface area (Å²) in [6, 6.07) is 3.63. The molecule has 0 heterocycles. The van der Waals surface area contributed by atoms with E-state index < -0.39 is 29.7 Å². The minimum Gasteiger partial charge on any atom is -0.484 e. The highest BCUT2D eigenvalue weighted by Crippen LogP contribution is 2.28. The number of ether oxygens (including phenoxy) is 2. The molecule has 0 saturated heterocycles. The fraction of sp³-hybridized carbons (Fsp3) is 0.333. The normalized spacial score (nSPS) is 9.90. The van der Waals surface area contributed by atoms with E-state index in [2.05, 4.69) is 4.74 Å². The molecule has 0 amide bonds. The van der Waals surface area contributed by atoms with Gasteiger partial charge in [0, 0.05) is 6.07 Å². The van der Waals surface area contributed by atoms with Crippen LogP contribution < -0.4 is 4.74 Å². The Bertz CT molecular complexity index is 531. The van der Waals surface area contributed by atoms with E-state index in [1.807, 2.05) is 0 Å². The summed E-state index contributed by atoms with van der Waals surface area (Å²) < 4.78 is 9.68. The van der Waals surface area contributed by atoms with Gasteiger partial charge in [-0.25, -0.2) is 0 Å². The molecular formula is C12H12ClNO6. The fourth-order valence-corrected chi connectivity index (χ4v) is 1.47. The first kappa shape index (κ1) is 15.9. The lowest BCUT2D eigenvalue weighted by molar-refractivity contribution is -0.384. The number of Topliss-reactive ketones (excluding diaryl/α,β-unsaturated/α-hetero) is 1. The number of carbonyl (C=O) groups excluding carboxylic acids is 2. The first-order valence-corrected chi connectivity index (χ1v) is 6.06. The van der Waals surface area contributed by atoms with Crippen molar-refractivity contribution in [2.75, 3.05) is 13.2 Å². The third kappa shape index (κ3) is 4.85. The van der Waals surface area contributed by atoms with Crippen molar-refractivity contribution in [1.82, 2.24) is 0 Å². The lowest BCUT2D eigenvalue weighted by atomic mass is 10.3. The van der Waals surface area contributed by atoms with Crippen LogP contribution in [0.15, 0.2) is 18.2 Å². The van der Waals surface area contributed by atoms with Gasteiger partial charge in [0.25, 0.3) is 5.69 Å². The minimum absolute atomic E-state index is 0.0121. The first-order chi connectivity index (χ1) is 9.43. The van der Waals surface area contributed by atoms with Crippen molar-refractivity contribution in [3.8, 4) is 5.75 Å². The number of carbonyl (C=O) groups is 2. The average molecular weight is 302 g/mol. The van der Waals surface area contributed by atoms with Crippen molar-refractivity contribution in [1.29, 1.82) is 0 Å². The van der Waals surface area contributed by atoms with Crippen LogP contribution in [-0.4, -0.2) is 29.9 Å². The Kier molecular flexibility index (Phi) is 5.92. The molecule has 0 unspecified atom stereocenters. The van der Waals surface area contributed by atoms with Crippen LogP contribution in [0.1, 0.15) is 13.3 Å². The molecule has 0 bridgehead atoms. The molecule has 0 aromatic heterocycles. The van der Waals surface area contributed by atoms with Gasteiger partial charge >= 0.3 is 5.97 Å². The summed E-state index contributed by atoms with van der Waals surface area (Å²) in [7, 11) is 0. The molecule has 0 atom stereocenters. The SMILES string of the molecule is CCOC(=O)CC(=O)COc1cc([N+](=O)[O-])ccc1Cl. The molecule has 1 aromatic carbocycles. The number of non-ortho nitro benzene ring substituents is 1. The molecular weight excluding hydrogens is 290 g/mol. The molecule has 0 spiro atoms. The Balaban J connectivity index is 2.61. The van der Waals surface area contributed by atoms with Crippen molar-refractivity contribution >= 4 is 29.0 Å². The predicted octanol–water partition coefficient (Wildman–Crippen LogP) is 2.15. The van der Waals surface area contributed by atoms with E-state index in [9.17, 15) is 19.7 Å². The second-order valence-electron chi connectivity index (χ2n) is 3.68. The van der Waals surface area contributed by atoms with E-state index in [0.717, 1.165) is 6.07 Å². The largest absolute Gasteiger partial charge is 0.484 e. The molecule has 0 saturated carbocycles. The summed E-state index contributed by atoms with van der Waals surface area (Å²) in [4.78, 5) is 32.5. The number of nitrogens with zero attached hydrogens (tertiary/aromatic N) is 1. The first-order valence-electron chi connectivity index (χ1n) is 5.68. The Morgan fingerprint density at radius 1 is 1.40 bits per heavy atom. The van der Waals surface area contributed by atoms with Crippen LogP contribution in [0.5, 0.6) is 5.75 Å². The van der Waals surface area contributed by atoms with Crippen LogP contribution in [0.25, 0.3) is 0 Å². The number of esters is 1. The maximum absolute atomic E-state index is 11.4. The van der Waals surface area contributed by atoms with Gasteiger partial charge in [0.05, 0.1) is 22.6 Å². The third-order valence-electron chi connectivity index (χ3n) is 2.16. The Hall–Kier alpha value is -2.15. The summed E-state index contributed by atoms with van der Waals surface area (Å²) in [6.07, 6.45) is -0.416. The Morgan fingerprint density at radius 2 is 2.10 bits per heavy atom. The summed E-state index contributed by atoms with van der Waals surface area (Å²) >= 11 is 5.79. The van der Waals surface area contributed by atoms with E-state index in [1.54, 1.807) is 6.92 Å². The standard InChI is InChI=1S/C12H12ClNO6/c1-2-19-12(16)6-9(15)7-20-11-5-8(14(17)18)3-4-10(11)13/h3-5H,2,6-7H2,1H3. The number of ketones is 1. The van der Waals surface area contributed by atoms with Crippen LogP contribution in [0.4, 0.5) is 5.69 Å². The third-order valence-corrected chi connectivity index (χ3v) is 2.47. The number of benzene rings is 1. The maximum Gasteiger partial charge on any atom is 0.313 e. The Morgan fingerprint density at radius 3 is 2.70 bits per heavy atom. The van der Waals surface area contributed by atoms with Crippen LogP contribution >= 0.6 is 11.6 Å². The highest BCUT2D eigenvalue weighted by atomic mass is 35.5. The van der Waals surface area contributed by atoms with E-state index >= 15 is 0 Å². The zero-order valence-electron chi connectivity index (χ0n) is 10.6. The molecule has 0 aliphatic rings. The molecule has 7 nitrogen and oxygen atoms in total. The van der Waals surface area contributed by atoms with E-state index in [-0.39, 0.29) is 23.1 Å². The van der Waals surface area contributed by atoms with Gasteiger partial charge in [-0.3, -0.25) is 19.7 Å². The van der Waals surface area contributed by atoms with Crippen LogP contribution in [0, 0.1) is 10.1 Å². The molecule has 1 rings (SSSR count). The number of nitro benzene ring substituents is 1. The van der Waals surface area contributed by atoms with Crippen LogP contribution in [0.3, 0.4) is 0 Å². The average Bonchev–Trinajstić information content (AvgIpc) is 2.37. The topological polar surface area (TPSA) is 95.7 Å². The van der Waals surface area contributed by atoms with Gasteiger partial charge in [0.15, 0.2) is 5.78 Å². The lowest BCUT2D eigenvalue weighted by Gasteiger charge is -2.07. The molecule has 8 heteroatoms. The van der Waals surface area contributed by atoms with Gasteiger partial charge < -0.3 is 9.47 Å². The zero-order valence-corrected chi connectivity index (χ0v) is 11.4. The fourth-order valence-electron chi connectivity index (χ4n) is 1.30. The summed E-state index contributed by atoms with van der Waals surface area (Å²) in [5.74, 6) is -1.14. The van der Waals surface area contributed by atoms with E-state index in [4.69, 9.17) is 16.3 Å². The highest BCUT2D eigenvalue weighted by Gasteiger charge is 2.14. The van der Waals surface area contributed by atoms with E-state index in [1.165, 1.54) is 12.1 Å². The molecule has 0 N–H and O–H groups in total. The minimum atomic E-state index is -0.647. The van der Waals surface area contributed by atoms with Crippen molar-refractivity contribution in [2.24, 2.45) is 0 Å². The molecule has 0 radical (unpaired) electrons. The molecule has 0 aliphatic heterocycles. The zero-order chi connectivity index (χ0) is 15.1. The Labute approximate surface area is 119 Å². The monoisotopic (exact) mass is 301 g/mol. The van der Waals surface area contributed by atoms with Gasteiger partial charge in [0.1, 0.15) is 18.8 Å². The summed E-state index contributed by atoms with van der Waals surface area (Å²) in [5.41, 5.74) is -0.206. The second kappa shape index (κ2) is 7.44. The van der Waals surface area contributed by atoms with Crippen molar-refractivity contribution in [2.45, 2.75) is 13.3 Å². The van der Waals surface area contributed by atoms with Gasteiger partial charge in [-0.1, -0.05) is 11.6 Å². The van der Waals surface area contributed by atoms with Gasteiger partial charge in [-0.2, -0.15) is 0 Å². The summed E-state index contributed by atoms with van der Waals surface area (Å²) in [6.45, 7) is 1.39. The van der Waals surface area contributed by atoms with Crippen LogP contribution in [0.2, 0.25) is 5.02 Å². The number of nitro groups is 1. The number of hydrogen-bond acceptors (Lipinski definition) is 6. The van der Waals surface area contributed by atoms with E-state index in [0.29, 0.717) is 0 Å². The number of hydrogen-bond donors (Lipinski definition) is 0. The van der Waals surface area contributed by atoms with Gasteiger partial charge in [-0.05, 0) is 13.0 Å². The molecule has 0 aliphatic carbocycles. The lowest BCUT2D eigenvalue weighted by Crippen LogP contribution is -2.17. The van der Waals surface area contributed by atoms with Crippen molar-refractivity contribution in [3.05, 3.63) is 33.3 Å². The van der Waals surface area contributed by atoms with Crippen molar-refractivity contribution in [3.63, 3.8) is 0 Å². The molecule has 108 valence electrons. The molecule has 0 fully saturated rings. The number of rotatable bonds is 7. The predicted molar refractivity (Wildman–Crippen MR) is 69.9 cm³/mol. The summed E-state index contributed by atoms with van der Waals surface area (Å²) in [5, 5.41) is 10.7. The quantitative estimate of drug-likeness (QED) is 0.331. The highest BCUT2D eigenvalue weighted by molar-refractivity contribution is 6.32. The molecule has 1 aromatic rings. The smallest absolute Gasteiger partial charge is 0.313 e. The number of halogens is 1.